The standard InChI is InChI=1S/C27H22N2O2SSiTe/c30-24-18-11-13-32-26(18)25(31)19(24)16-17-9-10-23(34-17)29-20-6-1-2-7-21(20)33(14-3-4-15-33)22-8-5-12-28-27(22)29/h1-2,5-13,16,18,26H,3-4,14-15H2/b19-16+. The monoisotopic (exact) mass is 596 g/mol. The minimum atomic E-state index is -1.78. The van der Waals surface area contributed by atoms with E-state index in [9.17, 15) is 9.59 Å². The number of Topliss-reactive ketones (excluding diaryl/α,β-unsaturated/α-hetero) is 2. The first-order valence-electron chi connectivity index (χ1n) is 11.7. The molecule has 1 saturated carbocycles. The quantitative estimate of drug-likeness (QED) is 0.255. The van der Waals surface area contributed by atoms with Crippen LogP contribution in [0.5, 0.6) is 0 Å². The molecule has 7 heteroatoms. The molecule has 34 heavy (non-hydrogen) atoms. The second kappa shape index (κ2) is 7.92. The molecule has 4 aliphatic rings. The number of para-hydroxylation sites is 1. The molecule has 2 unspecified atom stereocenters. The van der Waals surface area contributed by atoms with E-state index >= 15 is 0 Å². The van der Waals surface area contributed by atoms with Crippen LogP contribution >= 0.6 is 11.8 Å². The first-order chi connectivity index (χ1) is 16.7. The van der Waals surface area contributed by atoms with Gasteiger partial charge < -0.3 is 0 Å². The number of thioether (sulfide) groups is 1. The summed E-state index contributed by atoms with van der Waals surface area (Å²) in [5.74, 6) is 0.827. The van der Waals surface area contributed by atoms with Gasteiger partial charge in [-0.15, -0.1) is 0 Å². The number of fused-ring (bicyclic) bond motifs is 5. The molecule has 1 aliphatic carbocycles. The van der Waals surface area contributed by atoms with Crippen molar-refractivity contribution in [3.05, 3.63) is 75.4 Å². The molecular formula is C27H22N2O2SSiTe. The minimum absolute atomic E-state index is 0.00341. The predicted octanol–water partition coefficient (Wildman–Crippen LogP) is 4.06. The molecule has 4 nitrogen and oxygen atoms in total. The zero-order chi connectivity index (χ0) is 22.9. The van der Waals surface area contributed by atoms with Gasteiger partial charge in [0.05, 0.1) is 0 Å². The molecule has 7 rings (SSSR count). The number of benzene rings is 1. The Labute approximate surface area is 213 Å². The Morgan fingerprint density at radius 2 is 1.82 bits per heavy atom. The molecule has 0 radical (unpaired) electrons. The van der Waals surface area contributed by atoms with E-state index < -0.39 is 28.5 Å². The van der Waals surface area contributed by atoms with Gasteiger partial charge in [0.1, 0.15) is 0 Å². The fraction of sp³-hybridized carbons (Fsp3) is 0.222. The second-order valence-corrected chi connectivity index (χ2v) is 17.8. The summed E-state index contributed by atoms with van der Waals surface area (Å²) in [6, 6.07) is 20.3. The van der Waals surface area contributed by atoms with Crippen molar-refractivity contribution in [1.29, 1.82) is 0 Å². The van der Waals surface area contributed by atoms with Gasteiger partial charge in [0.15, 0.2) is 0 Å². The predicted molar refractivity (Wildman–Crippen MR) is 142 cm³/mol. The molecule has 1 aromatic carbocycles. The van der Waals surface area contributed by atoms with Gasteiger partial charge in [0.25, 0.3) is 0 Å². The van der Waals surface area contributed by atoms with Gasteiger partial charge in [-0.3, -0.25) is 0 Å². The number of nitrogens with zero attached hydrogens (tertiary/aromatic N) is 2. The number of pyridine rings is 1. The summed E-state index contributed by atoms with van der Waals surface area (Å²) in [6.45, 7) is 0. The summed E-state index contributed by atoms with van der Waals surface area (Å²) in [6.07, 6.45) is 8.31. The third-order valence-corrected chi connectivity index (χ3v) is 17.0. The Bertz CT molecular complexity index is 1370. The van der Waals surface area contributed by atoms with Crippen LogP contribution in [-0.4, -0.2) is 50.3 Å². The van der Waals surface area contributed by atoms with Crippen molar-refractivity contribution in [1.82, 2.24) is 4.98 Å². The van der Waals surface area contributed by atoms with Crippen LogP contribution in [0.1, 0.15) is 16.4 Å². The number of rotatable bonds is 2. The zero-order valence-corrected chi connectivity index (χ0v) is 22.6. The van der Waals surface area contributed by atoms with Crippen molar-refractivity contribution in [2.24, 2.45) is 5.92 Å². The third-order valence-electron chi connectivity index (χ3n) is 7.68. The Morgan fingerprint density at radius 3 is 2.68 bits per heavy atom. The molecule has 0 N–H and O–H groups in total. The SMILES string of the molecule is O=C1/C(=C\c2ccc(N3c4ccccc4[Si]4(CCCC4)c4cccnc43)[te]2)C(=O)C2SC=CC12. The van der Waals surface area contributed by atoms with Crippen molar-refractivity contribution < 1.29 is 9.59 Å². The van der Waals surface area contributed by atoms with Gasteiger partial charge in [-0.05, 0) is 0 Å². The number of hydrogen-bond acceptors (Lipinski definition) is 5. The van der Waals surface area contributed by atoms with E-state index in [2.05, 4.69) is 53.4 Å². The van der Waals surface area contributed by atoms with E-state index in [1.165, 1.54) is 51.3 Å². The van der Waals surface area contributed by atoms with E-state index in [0.717, 1.165) is 9.40 Å². The zero-order valence-electron chi connectivity index (χ0n) is 18.4. The number of hydrogen-bond donors (Lipinski definition) is 0. The topological polar surface area (TPSA) is 50.3 Å². The van der Waals surface area contributed by atoms with Crippen LogP contribution in [0.4, 0.5) is 15.2 Å². The molecule has 5 heterocycles. The number of aromatic nitrogens is 1. The Hall–Kier alpha value is -2.17. The molecular weight excluding hydrogens is 572 g/mol. The normalized spacial score (nSPS) is 25.3. The van der Waals surface area contributed by atoms with E-state index in [4.69, 9.17) is 4.98 Å². The number of allylic oxidation sites excluding steroid dienone is 2. The van der Waals surface area contributed by atoms with E-state index in [0.29, 0.717) is 5.57 Å². The van der Waals surface area contributed by atoms with Crippen molar-refractivity contribution in [2.45, 2.75) is 30.2 Å². The maximum atomic E-state index is 12.8. The van der Waals surface area contributed by atoms with Gasteiger partial charge in [0.2, 0.25) is 0 Å². The van der Waals surface area contributed by atoms with Gasteiger partial charge in [-0.2, -0.15) is 0 Å². The molecule has 2 atom stereocenters. The number of ketones is 2. The molecule has 1 saturated heterocycles. The van der Waals surface area contributed by atoms with Crippen LogP contribution in [-0.2, 0) is 9.59 Å². The number of anilines is 3. The fourth-order valence-corrected chi connectivity index (χ4v) is 15.4. The molecule has 0 bridgehead atoms. The molecule has 168 valence electrons. The summed E-state index contributed by atoms with van der Waals surface area (Å²) in [7, 11) is -1.78. The van der Waals surface area contributed by atoms with Crippen LogP contribution in [0, 0.1) is 5.92 Å². The van der Waals surface area contributed by atoms with Gasteiger partial charge in [-0.25, -0.2) is 0 Å². The Morgan fingerprint density at radius 1 is 1.00 bits per heavy atom. The molecule has 1 spiro atoms. The third kappa shape index (κ3) is 2.94. The van der Waals surface area contributed by atoms with Gasteiger partial charge in [-0.1, -0.05) is 0 Å². The van der Waals surface area contributed by atoms with E-state index in [1.807, 2.05) is 23.8 Å². The molecule has 2 fully saturated rings. The first kappa shape index (κ1) is 21.1. The summed E-state index contributed by atoms with van der Waals surface area (Å²) in [4.78, 5) is 33.0. The summed E-state index contributed by atoms with van der Waals surface area (Å²) in [5.41, 5.74) is 1.69. The van der Waals surface area contributed by atoms with Crippen molar-refractivity contribution in [3.8, 4) is 0 Å². The van der Waals surface area contributed by atoms with Crippen LogP contribution < -0.4 is 15.3 Å². The molecule has 3 aliphatic heterocycles. The van der Waals surface area contributed by atoms with Crippen LogP contribution in [0.15, 0.2) is 71.8 Å². The van der Waals surface area contributed by atoms with E-state index in [-0.39, 0.29) is 22.7 Å². The first-order valence-corrected chi connectivity index (χ1v) is 17.4. The number of carbonyl (C=O) groups excluding carboxylic acids is 2. The fourth-order valence-electron chi connectivity index (χ4n) is 6.15. The molecule has 3 aromatic rings. The molecule has 2 aromatic heterocycles. The Kier molecular flexibility index (Phi) is 4.93. The summed E-state index contributed by atoms with van der Waals surface area (Å²) in [5, 5.41) is 4.67. The number of carbonyl (C=O) groups is 2. The molecule has 0 amide bonds. The van der Waals surface area contributed by atoms with Crippen LogP contribution in [0.2, 0.25) is 12.1 Å². The van der Waals surface area contributed by atoms with Crippen molar-refractivity contribution in [2.75, 3.05) is 4.90 Å². The second-order valence-electron chi connectivity index (χ2n) is 9.39. The average molecular weight is 594 g/mol. The average Bonchev–Trinajstić information content (AvgIpc) is 3.66. The maximum absolute atomic E-state index is 12.8. The van der Waals surface area contributed by atoms with Gasteiger partial charge >= 0.3 is 214 Å². The van der Waals surface area contributed by atoms with Crippen molar-refractivity contribution >= 4 is 83.5 Å². The van der Waals surface area contributed by atoms with Gasteiger partial charge in [0, 0.05) is 0 Å². The summed E-state index contributed by atoms with van der Waals surface area (Å²) < 4.78 is 2.42. The van der Waals surface area contributed by atoms with Crippen molar-refractivity contribution in [3.63, 3.8) is 0 Å². The Balaban J connectivity index is 1.33. The van der Waals surface area contributed by atoms with Crippen LogP contribution in [0.25, 0.3) is 6.08 Å². The summed E-state index contributed by atoms with van der Waals surface area (Å²) >= 11 is 0.707. The van der Waals surface area contributed by atoms with Crippen LogP contribution in [0.3, 0.4) is 0 Å². The van der Waals surface area contributed by atoms with E-state index in [1.54, 1.807) is 5.19 Å².